The maximum Gasteiger partial charge on any atom is 0.00725 e. The number of hydrogen-bond acceptors (Lipinski definition) is 1. The van der Waals surface area contributed by atoms with Crippen molar-refractivity contribution in [3.8, 4) is 0 Å². The summed E-state index contributed by atoms with van der Waals surface area (Å²) < 4.78 is 0. The van der Waals surface area contributed by atoms with Gasteiger partial charge in [0.1, 0.15) is 0 Å². The second kappa shape index (κ2) is 4.76. The number of allylic oxidation sites excluding steroid dienone is 1. The molecule has 1 unspecified atom stereocenters. The maximum absolute atomic E-state index is 6.51. The first-order chi connectivity index (χ1) is 8.28. The Morgan fingerprint density at radius 1 is 1.06 bits per heavy atom. The molecule has 0 amide bonds. The van der Waals surface area contributed by atoms with Crippen LogP contribution in [0.25, 0.3) is 0 Å². The fourth-order valence-corrected chi connectivity index (χ4v) is 5.36. The molecule has 1 heteroatoms. The lowest BCUT2D eigenvalue weighted by atomic mass is 9.50. The van der Waals surface area contributed by atoms with Crippen molar-refractivity contribution in [2.45, 2.75) is 57.4 Å². The molecule has 1 atom stereocenters. The fourth-order valence-electron chi connectivity index (χ4n) is 5.36. The van der Waals surface area contributed by atoms with Gasteiger partial charge in [-0.25, -0.2) is 0 Å². The summed E-state index contributed by atoms with van der Waals surface area (Å²) in [6, 6.07) is 0.477. The van der Waals surface area contributed by atoms with Crippen LogP contribution in [-0.2, 0) is 0 Å². The van der Waals surface area contributed by atoms with Gasteiger partial charge in [0.15, 0.2) is 0 Å². The molecule has 4 aliphatic carbocycles. The highest BCUT2D eigenvalue weighted by Crippen LogP contribution is 2.57. The Kier molecular flexibility index (Phi) is 3.30. The topological polar surface area (TPSA) is 26.0 Å². The molecule has 0 radical (unpaired) electrons. The summed E-state index contributed by atoms with van der Waals surface area (Å²) in [5.41, 5.74) is 6.51. The van der Waals surface area contributed by atoms with E-state index < -0.39 is 0 Å². The molecular formula is C16H27N. The molecule has 0 aliphatic heterocycles. The summed E-state index contributed by atoms with van der Waals surface area (Å²) in [5, 5.41) is 0. The highest BCUT2D eigenvalue weighted by atomic mass is 14.7. The van der Waals surface area contributed by atoms with E-state index in [1.54, 1.807) is 6.42 Å². The summed E-state index contributed by atoms with van der Waals surface area (Å²) in [6.45, 7) is 3.80. The van der Waals surface area contributed by atoms with Gasteiger partial charge in [0.05, 0.1) is 0 Å². The molecule has 4 saturated carbocycles. The van der Waals surface area contributed by atoms with E-state index in [4.69, 9.17) is 5.73 Å². The van der Waals surface area contributed by atoms with E-state index in [-0.39, 0.29) is 0 Å². The SMILES string of the molecule is C=CCCCC(N)C1C2CC3CC(C2)CC1C3. The van der Waals surface area contributed by atoms with Crippen molar-refractivity contribution in [1.82, 2.24) is 0 Å². The third kappa shape index (κ3) is 2.19. The molecule has 0 heterocycles. The molecule has 4 aliphatic rings. The normalized spacial score (nSPS) is 44.9. The lowest BCUT2D eigenvalue weighted by Crippen LogP contribution is -2.51. The van der Waals surface area contributed by atoms with E-state index in [1.807, 2.05) is 6.08 Å². The van der Waals surface area contributed by atoms with Crippen LogP contribution in [0.15, 0.2) is 12.7 Å². The van der Waals surface area contributed by atoms with Gasteiger partial charge in [-0.2, -0.15) is 0 Å². The zero-order valence-electron chi connectivity index (χ0n) is 11.0. The summed E-state index contributed by atoms with van der Waals surface area (Å²) in [5.74, 6) is 5.01. The van der Waals surface area contributed by atoms with Gasteiger partial charge in [-0.1, -0.05) is 6.08 Å². The molecule has 96 valence electrons. The Hall–Kier alpha value is -0.300. The van der Waals surface area contributed by atoms with Gasteiger partial charge >= 0.3 is 0 Å². The number of nitrogens with two attached hydrogens (primary N) is 1. The fraction of sp³-hybridized carbons (Fsp3) is 0.875. The van der Waals surface area contributed by atoms with Crippen molar-refractivity contribution in [1.29, 1.82) is 0 Å². The Labute approximate surface area is 106 Å². The monoisotopic (exact) mass is 233 g/mol. The molecular weight excluding hydrogens is 206 g/mol. The lowest BCUT2D eigenvalue weighted by Gasteiger charge is -2.56. The van der Waals surface area contributed by atoms with Gasteiger partial charge < -0.3 is 5.73 Å². The number of hydrogen-bond donors (Lipinski definition) is 1. The van der Waals surface area contributed by atoms with E-state index in [1.165, 1.54) is 38.5 Å². The molecule has 0 saturated heterocycles. The largest absolute Gasteiger partial charge is 0.327 e. The van der Waals surface area contributed by atoms with E-state index in [0.717, 1.165) is 36.0 Å². The first kappa shape index (κ1) is 11.8. The van der Waals surface area contributed by atoms with Gasteiger partial charge in [-0.15, -0.1) is 6.58 Å². The zero-order valence-corrected chi connectivity index (χ0v) is 11.0. The van der Waals surface area contributed by atoms with Crippen LogP contribution in [0.2, 0.25) is 0 Å². The standard InChI is InChI=1S/C16H27N/c1-2-3-4-5-15(17)16-13-7-11-6-12(9-13)10-14(16)8-11/h2,11-16H,1,3-10,17H2. The molecule has 0 aromatic heterocycles. The third-order valence-corrected chi connectivity index (χ3v) is 5.74. The van der Waals surface area contributed by atoms with Crippen molar-refractivity contribution >= 4 is 0 Å². The molecule has 4 rings (SSSR count). The Morgan fingerprint density at radius 3 is 2.18 bits per heavy atom. The van der Waals surface area contributed by atoms with Crippen LogP contribution in [0.1, 0.15) is 51.4 Å². The minimum Gasteiger partial charge on any atom is -0.327 e. The van der Waals surface area contributed by atoms with Crippen molar-refractivity contribution in [2.24, 2.45) is 35.3 Å². The molecule has 1 nitrogen and oxygen atoms in total. The Morgan fingerprint density at radius 2 is 1.65 bits per heavy atom. The average Bonchev–Trinajstić information content (AvgIpc) is 2.27. The lowest BCUT2D eigenvalue weighted by molar-refractivity contribution is -0.0477. The highest BCUT2D eigenvalue weighted by Gasteiger charge is 2.49. The summed E-state index contributed by atoms with van der Waals surface area (Å²) in [7, 11) is 0. The quantitative estimate of drug-likeness (QED) is 0.568. The van der Waals surface area contributed by atoms with Crippen LogP contribution < -0.4 is 5.73 Å². The predicted octanol–water partition coefficient (Wildman–Crippen LogP) is 3.74. The van der Waals surface area contributed by atoms with Gasteiger partial charge in [-0.3, -0.25) is 0 Å². The van der Waals surface area contributed by atoms with E-state index >= 15 is 0 Å². The highest BCUT2D eigenvalue weighted by molar-refractivity contribution is 5.00. The minimum absolute atomic E-state index is 0.477. The van der Waals surface area contributed by atoms with Gasteiger partial charge in [0, 0.05) is 6.04 Å². The van der Waals surface area contributed by atoms with Crippen LogP contribution in [0, 0.1) is 29.6 Å². The van der Waals surface area contributed by atoms with Crippen LogP contribution >= 0.6 is 0 Å². The first-order valence-corrected chi connectivity index (χ1v) is 7.64. The first-order valence-electron chi connectivity index (χ1n) is 7.64. The van der Waals surface area contributed by atoms with Crippen molar-refractivity contribution in [3.63, 3.8) is 0 Å². The van der Waals surface area contributed by atoms with Gasteiger partial charge in [0.2, 0.25) is 0 Å². The second-order valence-corrected chi connectivity index (χ2v) is 6.89. The number of rotatable bonds is 5. The smallest absolute Gasteiger partial charge is 0.00725 e. The molecule has 0 aromatic rings. The minimum atomic E-state index is 0.477. The second-order valence-electron chi connectivity index (χ2n) is 6.89. The van der Waals surface area contributed by atoms with Crippen molar-refractivity contribution in [3.05, 3.63) is 12.7 Å². The van der Waals surface area contributed by atoms with Crippen LogP contribution in [0.5, 0.6) is 0 Å². The molecule has 2 N–H and O–H groups in total. The van der Waals surface area contributed by atoms with E-state index in [0.29, 0.717) is 6.04 Å². The van der Waals surface area contributed by atoms with Gasteiger partial charge in [0.25, 0.3) is 0 Å². The molecule has 0 aromatic carbocycles. The zero-order chi connectivity index (χ0) is 11.8. The van der Waals surface area contributed by atoms with Crippen LogP contribution in [0.3, 0.4) is 0 Å². The summed E-state index contributed by atoms with van der Waals surface area (Å²) in [4.78, 5) is 0. The molecule has 4 bridgehead atoms. The molecule has 4 fully saturated rings. The van der Waals surface area contributed by atoms with Crippen molar-refractivity contribution in [2.75, 3.05) is 0 Å². The predicted molar refractivity (Wildman–Crippen MR) is 72.6 cm³/mol. The van der Waals surface area contributed by atoms with Crippen LogP contribution in [0.4, 0.5) is 0 Å². The average molecular weight is 233 g/mol. The Bertz CT molecular complexity index is 255. The maximum atomic E-state index is 6.51. The van der Waals surface area contributed by atoms with Crippen LogP contribution in [-0.4, -0.2) is 6.04 Å². The van der Waals surface area contributed by atoms with E-state index in [2.05, 4.69) is 6.58 Å². The number of unbranched alkanes of at least 4 members (excludes halogenated alkanes) is 1. The summed E-state index contributed by atoms with van der Waals surface area (Å²) >= 11 is 0. The molecule has 0 spiro atoms. The third-order valence-electron chi connectivity index (χ3n) is 5.74. The van der Waals surface area contributed by atoms with Gasteiger partial charge in [-0.05, 0) is 81.0 Å². The van der Waals surface area contributed by atoms with E-state index in [9.17, 15) is 0 Å². The summed E-state index contributed by atoms with van der Waals surface area (Å²) in [6.07, 6.45) is 13.2. The molecule has 17 heavy (non-hydrogen) atoms. The van der Waals surface area contributed by atoms with Crippen molar-refractivity contribution < 1.29 is 0 Å². The Balaban J connectivity index is 1.61.